The van der Waals surface area contributed by atoms with E-state index >= 15 is 13.2 Å². The molecule has 0 spiro atoms. The van der Waals surface area contributed by atoms with Crippen molar-refractivity contribution in [3.8, 4) is 0 Å². The summed E-state index contributed by atoms with van der Waals surface area (Å²) in [6, 6.07) is 2.11. The van der Waals surface area contributed by atoms with Crippen LogP contribution in [0, 0.1) is 76.6 Å². The molecular weight excluding hydrogens is 1880 g/mol. The number of nitrogens with one attached hydrogen (secondary N) is 2. The third-order valence-electron chi connectivity index (χ3n) is 30.6. The molecule has 14 rings (SSSR count). The summed E-state index contributed by atoms with van der Waals surface area (Å²) in [5.41, 5.74) is 3.36. The van der Waals surface area contributed by atoms with E-state index in [1.165, 1.54) is 46.1 Å². The predicted molar refractivity (Wildman–Crippen MR) is 511 cm³/mol. The summed E-state index contributed by atoms with van der Waals surface area (Å²) in [4.78, 5) is 93.8. The Bertz CT molecular complexity index is 4790. The van der Waals surface area contributed by atoms with E-state index in [0.29, 0.717) is 199 Å². The lowest BCUT2D eigenvalue weighted by molar-refractivity contribution is -0.184. The predicted octanol–water partition coefficient (Wildman–Crippen LogP) is 13.3. The number of fused-ring (bicyclic) bond motifs is 1. The van der Waals surface area contributed by atoms with E-state index in [0.717, 1.165) is 50.2 Å². The molecule has 0 radical (unpaired) electrons. The van der Waals surface area contributed by atoms with Crippen molar-refractivity contribution in [3.05, 3.63) is 60.7 Å². The molecule has 0 bridgehead atoms. The number of β-amino-alcohol motifs (C(OH)–C–C–N with tert-alkyl or cyclic N) is 4. The number of Topliss-reactive ketones (excluding diaryl/α,β-unsaturated/α-hetero) is 3. The lowest BCUT2D eigenvalue weighted by atomic mass is 9.78. The van der Waals surface area contributed by atoms with Crippen LogP contribution in [-0.2, 0) is 32.1 Å². The summed E-state index contributed by atoms with van der Waals surface area (Å²) < 4.78 is 192. The van der Waals surface area contributed by atoms with Gasteiger partial charge in [-0.3, -0.25) is 38.8 Å². The van der Waals surface area contributed by atoms with Crippen LogP contribution in [0.4, 0.5) is 96.4 Å². The third kappa shape index (κ3) is 32.4. The minimum Gasteiger partial charge on any atom is -0.392 e. The fraction of sp³-hybridized carbons (Fsp3) is 0.776. The first-order valence-electron chi connectivity index (χ1n) is 50.3. The van der Waals surface area contributed by atoms with E-state index in [4.69, 9.17) is 5.73 Å². The van der Waals surface area contributed by atoms with Gasteiger partial charge in [-0.1, -0.05) is 7.43 Å². The minimum atomic E-state index is -4.17. The average Bonchev–Trinajstić information content (AvgIpc) is 1.58. The fourth-order valence-electron chi connectivity index (χ4n) is 21.8. The molecule has 9 heterocycles. The number of aryl methyl sites for hydroxylation is 1. The van der Waals surface area contributed by atoms with Gasteiger partial charge in [0, 0.05) is 122 Å². The number of aliphatic hydroxyl groups is 6. The number of nitrogens with zero attached hydrogens (tertiary/aromatic N) is 17. The van der Waals surface area contributed by atoms with Crippen LogP contribution in [0.1, 0.15) is 216 Å². The molecule has 9 aliphatic rings. The lowest BCUT2D eigenvalue weighted by Gasteiger charge is -2.42. The van der Waals surface area contributed by atoms with E-state index in [-0.39, 0.29) is 180 Å². The molecule has 5 saturated carbocycles. The number of likely N-dealkylation sites (tertiary alicyclic amines) is 4. The Morgan fingerprint density at radius 3 is 1.27 bits per heavy atom. The van der Waals surface area contributed by atoms with Crippen molar-refractivity contribution in [1.29, 1.82) is 0 Å². The number of halogens is 14. The molecule has 5 aliphatic carbocycles. The fourth-order valence-corrected chi connectivity index (χ4v) is 21.8. The highest BCUT2D eigenvalue weighted by atomic mass is 19.4. The number of primary amides is 1. The summed E-state index contributed by atoms with van der Waals surface area (Å²) in [5, 5.41) is 70.8. The van der Waals surface area contributed by atoms with Crippen LogP contribution in [0.25, 0.3) is 11.0 Å². The second kappa shape index (κ2) is 51.9. The Hall–Kier alpha value is -8.24. The first-order chi connectivity index (χ1) is 66.6. The van der Waals surface area contributed by atoms with Crippen LogP contribution in [0.5, 0.6) is 0 Å². The summed E-state index contributed by atoms with van der Waals surface area (Å²) in [5.74, 6) is -7.48. The minimum absolute atomic E-state index is 0. The number of carbonyl (C=O) groups is 4. The number of hydrogen-bond donors (Lipinski definition) is 9. The van der Waals surface area contributed by atoms with Gasteiger partial charge >= 0.3 is 18.5 Å². The number of piperidine rings is 4. The highest BCUT2D eigenvalue weighted by Gasteiger charge is 2.48. The van der Waals surface area contributed by atoms with Crippen LogP contribution < -0.4 is 36.0 Å². The van der Waals surface area contributed by atoms with Crippen molar-refractivity contribution in [2.45, 2.75) is 289 Å². The molecule has 30 nitrogen and oxygen atoms in total. The highest BCUT2D eigenvalue weighted by molar-refractivity contribution is 5.88. The van der Waals surface area contributed by atoms with Gasteiger partial charge in [0.15, 0.2) is 34.9 Å². The van der Waals surface area contributed by atoms with Crippen molar-refractivity contribution < 1.29 is 111 Å². The number of amides is 1. The maximum Gasteiger partial charge on any atom is 0.391 e. The highest BCUT2D eigenvalue weighted by Crippen LogP contribution is 2.46. The third-order valence-corrected chi connectivity index (χ3v) is 30.6. The largest absolute Gasteiger partial charge is 0.392 e. The lowest BCUT2D eigenvalue weighted by Crippen LogP contribution is -2.59. The number of ketones is 3. The van der Waals surface area contributed by atoms with E-state index in [1.807, 2.05) is 52.3 Å². The summed E-state index contributed by atoms with van der Waals surface area (Å²) in [6.07, 6.45) is 3.33. The Morgan fingerprint density at radius 2 is 0.859 bits per heavy atom. The molecule has 4 aliphatic heterocycles. The van der Waals surface area contributed by atoms with Gasteiger partial charge in [0.2, 0.25) is 23.5 Å². The van der Waals surface area contributed by atoms with Crippen LogP contribution in [0.15, 0.2) is 37.6 Å². The van der Waals surface area contributed by atoms with Gasteiger partial charge in [0.1, 0.15) is 65.3 Å². The second-order valence-electron chi connectivity index (χ2n) is 41.1. The van der Waals surface area contributed by atoms with Gasteiger partial charge in [0.05, 0.1) is 86.0 Å². The zero-order valence-electron chi connectivity index (χ0n) is 82.1. The Morgan fingerprint density at radius 1 is 0.465 bits per heavy atom. The number of aromatic nitrogens is 9. The normalized spacial score (nSPS) is 27.4. The van der Waals surface area contributed by atoms with Gasteiger partial charge in [-0.2, -0.15) is 48.3 Å². The van der Waals surface area contributed by atoms with Crippen molar-refractivity contribution in [3.63, 3.8) is 0 Å². The van der Waals surface area contributed by atoms with Gasteiger partial charge in [-0.05, 0) is 258 Å². The number of rotatable bonds is 36. The Kier molecular flexibility index (Phi) is 42.3. The van der Waals surface area contributed by atoms with E-state index in [9.17, 15) is 98.1 Å². The number of carbonyl (C=O) groups excluding carboxylic acids is 4. The van der Waals surface area contributed by atoms with Crippen molar-refractivity contribution in [2.75, 3.05) is 168 Å². The number of anilines is 6. The maximum atomic E-state index is 15.7. The molecular formula is C98H150F14N20O10. The first kappa shape index (κ1) is 116. The molecule has 9 fully saturated rings. The first-order valence-corrected chi connectivity index (χ1v) is 50.3. The zero-order chi connectivity index (χ0) is 103. The Balaban J connectivity index is 0.000000194. The molecule has 142 heavy (non-hydrogen) atoms. The van der Waals surface area contributed by atoms with Gasteiger partial charge < -0.3 is 71.2 Å². The van der Waals surface area contributed by atoms with Gasteiger partial charge in [-0.25, -0.2) is 53.0 Å². The quantitative estimate of drug-likeness (QED) is 0.0168. The van der Waals surface area contributed by atoms with Crippen LogP contribution >= 0.6 is 0 Å². The van der Waals surface area contributed by atoms with Gasteiger partial charge in [-0.15, -0.1) is 0 Å². The standard InChI is InChI=1S/C26H40F3N5O2.C25H36F3N5O3.C23H35F4N5O3.C23H35F4N5O2.CH4/c1-26(28,29)19-8-5-17(6-9-19)13-34(20-3-2-4-20)25-24(27)21(31-16-32-25)10-7-18-11-12-33(14-22(18)35)15-23(30)36;1-3-32(13-18-4-6-19(7-5-18)25(26,27)28)22-20-8-10-33(23(20)30-16-29-22)15-24(36)9-11-31(12-17(2)34)14-21(24)35;1-3-32(11-16-4-6-17(7-5-16)23(25,26)27)21-19(24)20(29-14-30-21)28-13-22(35)8-9-31(10-15(2)33)12-18(22)34;1-3-32(12-16-4-6-18(7-5-16)23(25,26)27)22-20(24)21(29-14-30-22)28-10-17-8-9-31(11-15(2)33)13-19(17)34;/h16-20,22,35H,2-15H2,1H3,(H2,30,36);8,10,16,18-19,21,35-36H,3-7,9,11-15H2,1-2H3;14,16-18,34-35H,3-13H2,1-2H3,(H,28,29,30);14,16-19,34H,3-13H2,1-2H3,(H,28,29,30);1H4/t;18?,19?,21-,24-;16?,17?,18-,22?;16?,17?,18?,19-;/m.110./s1. The maximum absolute atomic E-state index is 15.7. The molecule has 5 aromatic rings. The van der Waals surface area contributed by atoms with E-state index < -0.39 is 107 Å². The molecule has 4 unspecified atom stereocenters. The second-order valence-corrected chi connectivity index (χ2v) is 41.1. The molecule has 800 valence electrons. The van der Waals surface area contributed by atoms with E-state index in [1.54, 1.807) is 14.7 Å². The van der Waals surface area contributed by atoms with E-state index in [2.05, 4.69) is 60.3 Å². The van der Waals surface area contributed by atoms with Crippen molar-refractivity contribution in [1.82, 2.24) is 64.0 Å². The summed E-state index contributed by atoms with van der Waals surface area (Å²) in [7, 11) is 0. The number of aliphatic hydroxyl groups excluding tert-OH is 4. The van der Waals surface area contributed by atoms with Crippen LogP contribution in [-0.4, -0.2) is 321 Å². The Labute approximate surface area is 823 Å². The number of alkyl halides is 11. The smallest absolute Gasteiger partial charge is 0.391 e. The molecule has 10 N–H and O–H groups in total. The summed E-state index contributed by atoms with van der Waals surface area (Å²) in [6.45, 7) is 19.4. The monoisotopic (exact) mass is 2030 g/mol. The summed E-state index contributed by atoms with van der Waals surface area (Å²) >= 11 is 0. The molecule has 0 aromatic carbocycles. The molecule has 5 aromatic heterocycles. The van der Waals surface area contributed by atoms with Crippen LogP contribution in [0.2, 0.25) is 0 Å². The SMILES string of the molecule is C.CC(F)(F)C1CCC(CN(c2ncnc(CCC3CCN(CC(N)=O)CC3O)c2F)C2CCC2)CC1.CCN(CC1CCC(C(F)(F)F)CC1)c1ncnc(NCC2(O)CCN(CC(C)=O)C[C@H]2O)c1F.CCN(CC1CCC(C(F)(F)F)CC1)c1ncnc(NCC2CCN(CC(C)=O)C[C@@H]2O)c1F.CCN(CC1CCC(C(F)(F)F)CC1)c1ncnc2c1ccn2C[C@]1(O)CCN(CC(C)=O)C[C@H]1O. The van der Waals surface area contributed by atoms with Crippen molar-refractivity contribution in [2.24, 2.45) is 64.9 Å². The van der Waals surface area contributed by atoms with Crippen LogP contribution in [0.3, 0.4) is 0 Å². The van der Waals surface area contributed by atoms with Gasteiger partial charge in [0.25, 0.3) is 0 Å². The number of nitrogens with two attached hydrogens (primary N) is 1. The molecule has 44 heteroatoms. The van der Waals surface area contributed by atoms with Crippen molar-refractivity contribution >= 4 is 69.2 Å². The molecule has 4 saturated heterocycles. The zero-order valence-corrected chi connectivity index (χ0v) is 82.1. The number of hydrogen-bond acceptors (Lipinski definition) is 28. The average molecular weight is 2030 g/mol. The molecule has 8 atom stereocenters. The molecule has 1 amide bonds. The topological polar surface area (TPSA) is 374 Å².